The fourth-order valence-corrected chi connectivity index (χ4v) is 1.24. The summed E-state index contributed by atoms with van der Waals surface area (Å²) in [5, 5.41) is 8.92. The molecular formula is C11H16O3. The summed E-state index contributed by atoms with van der Waals surface area (Å²) in [5.41, 5.74) is 0.148. The van der Waals surface area contributed by atoms with E-state index in [9.17, 15) is 4.79 Å². The molecule has 1 N–H and O–H groups in total. The third-order valence-corrected chi connectivity index (χ3v) is 2.10. The second-order valence-corrected chi connectivity index (χ2v) is 4.36. The molecule has 0 spiro atoms. The van der Waals surface area contributed by atoms with Gasteiger partial charge in [0.05, 0.1) is 0 Å². The lowest BCUT2D eigenvalue weighted by molar-refractivity contribution is 0.0694. The minimum atomic E-state index is -0.916. The molecule has 0 bridgehead atoms. The van der Waals surface area contributed by atoms with Gasteiger partial charge in [-0.1, -0.05) is 27.7 Å². The van der Waals surface area contributed by atoms with Crippen molar-refractivity contribution in [2.45, 2.75) is 39.5 Å². The van der Waals surface area contributed by atoms with Crippen molar-refractivity contribution < 1.29 is 14.3 Å². The van der Waals surface area contributed by atoms with Crippen LogP contribution in [-0.4, -0.2) is 11.1 Å². The first-order chi connectivity index (χ1) is 6.36. The van der Waals surface area contributed by atoms with Crippen LogP contribution in [0.2, 0.25) is 0 Å². The summed E-state index contributed by atoms with van der Waals surface area (Å²) in [6.45, 7) is 7.88. The minimum absolute atomic E-state index is 0.141. The summed E-state index contributed by atoms with van der Waals surface area (Å²) in [5.74, 6) is 0.371. The fraction of sp³-hybridized carbons (Fsp3) is 0.545. The summed E-state index contributed by atoms with van der Waals surface area (Å²) < 4.78 is 5.51. The number of rotatable bonds is 2. The average Bonchev–Trinajstić information content (AvgIpc) is 2.45. The Morgan fingerprint density at radius 1 is 1.50 bits per heavy atom. The van der Waals surface area contributed by atoms with E-state index in [4.69, 9.17) is 9.52 Å². The maximum absolute atomic E-state index is 10.9. The summed E-state index contributed by atoms with van der Waals surface area (Å²) >= 11 is 0. The maximum Gasteiger partial charge on any atom is 0.339 e. The van der Waals surface area contributed by atoms with Gasteiger partial charge in [0.25, 0.3) is 0 Å². The van der Waals surface area contributed by atoms with Gasteiger partial charge in [0.2, 0.25) is 0 Å². The zero-order valence-corrected chi connectivity index (χ0v) is 9.05. The van der Waals surface area contributed by atoms with Crippen LogP contribution in [-0.2, 0) is 11.8 Å². The van der Waals surface area contributed by atoms with E-state index in [1.165, 1.54) is 0 Å². The van der Waals surface area contributed by atoms with Crippen LogP contribution in [0.5, 0.6) is 0 Å². The van der Waals surface area contributed by atoms with Crippen LogP contribution < -0.4 is 0 Å². The van der Waals surface area contributed by atoms with Crippen molar-refractivity contribution in [3.63, 3.8) is 0 Å². The Morgan fingerprint density at radius 2 is 2.07 bits per heavy atom. The monoisotopic (exact) mass is 196 g/mol. The van der Waals surface area contributed by atoms with E-state index in [0.717, 1.165) is 5.76 Å². The Kier molecular flexibility index (Phi) is 2.69. The molecule has 1 aromatic heterocycles. The average molecular weight is 196 g/mol. The van der Waals surface area contributed by atoms with Crippen LogP contribution in [0.3, 0.4) is 0 Å². The molecule has 0 aliphatic heterocycles. The predicted octanol–water partition coefficient (Wildman–Crippen LogP) is 2.84. The zero-order valence-electron chi connectivity index (χ0n) is 9.05. The topological polar surface area (TPSA) is 50.4 Å². The van der Waals surface area contributed by atoms with Crippen molar-refractivity contribution >= 4 is 5.97 Å². The fourth-order valence-electron chi connectivity index (χ4n) is 1.24. The summed E-state index contributed by atoms with van der Waals surface area (Å²) in [7, 11) is 0. The molecule has 1 aromatic rings. The van der Waals surface area contributed by atoms with Crippen LogP contribution in [0, 0.1) is 0 Å². The summed E-state index contributed by atoms with van der Waals surface area (Å²) in [6.07, 6.45) is 0.609. The molecular weight excluding hydrogens is 180 g/mol. The van der Waals surface area contributed by atoms with E-state index in [1.807, 2.05) is 27.7 Å². The molecule has 3 nitrogen and oxygen atoms in total. The van der Waals surface area contributed by atoms with Crippen molar-refractivity contribution in [1.29, 1.82) is 0 Å². The zero-order chi connectivity index (χ0) is 10.9. The van der Waals surface area contributed by atoms with E-state index in [-0.39, 0.29) is 11.0 Å². The molecule has 0 aliphatic rings. The molecule has 3 heteroatoms. The number of aromatic carboxylic acids is 1. The first kappa shape index (κ1) is 10.8. The molecule has 0 saturated carbocycles. The quantitative estimate of drug-likeness (QED) is 0.791. The van der Waals surface area contributed by atoms with Crippen LogP contribution in [0.25, 0.3) is 0 Å². The van der Waals surface area contributed by atoms with Crippen molar-refractivity contribution in [1.82, 2.24) is 0 Å². The lowest BCUT2D eigenvalue weighted by Crippen LogP contribution is -2.09. The lowest BCUT2D eigenvalue weighted by atomic mass is 9.93. The van der Waals surface area contributed by atoms with Gasteiger partial charge in [-0.25, -0.2) is 4.79 Å². The molecule has 1 heterocycles. The van der Waals surface area contributed by atoms with Crippen LogP contribution in [0.15, 0.2) is 10.5 Å². The standard InChI is InChI=1S/C11H16O3/c1-5-8-7(10(12)13)6-9(14-8)11(2,3)4/h6H,5H2,1-4H3,(H,12,13). The molecule has 0 atom stereocenters. The van der Waals surface area contributed by atoms with Gasteiger partial charge in [0.1, 0.15) is 17.1 Å². The van der Waals surface area contributed by atoms with Gasteiger partial charge >= 0.3 is 5.97 Å². The smallest absolute Gasteiger partial charge is 0.339 e. The second kappa shape index (κ2) is 3.48. The summed E-state index contributed by atoms with van der Waals surface area (Å²) in [6, 6.07) is 1.63. The molecule has 0 aromatic carbocycles. The molecule has 78 valence electrons. The number of carboxylic acids is 1. The molecule has 0 radical (unpaired) electrons. The molecule has 0 fully saturated rings. The van der Waals surface area contributed by atoms with Crippen molar-refractivity contribution in [2.24, 2.45) is 0 Å². The Balaban J connectivity index is 3.20. The van der Waals surface area contributed by atoms with E-state index >= 15 is 0 Å². The van der Waals surface area contributed by atoms with Gasteiger partial charge in [-0.05, 0) is 6.07 Å². The number of carboxylic acid groups (broad SMARTS) is 1. The van der Waals surface area contributed by atoms with Crippen LogP contribution in [0.1, 0.15) is 49.6 Å². The first-order valence-electron chi connectivity index (χ1n) is 4.72. The largest absolute Gasteiger partial charge is 0.478 e. The highest BCUT2D eigenvalue weighted by molar-refractivity contribution is 5.89. The minimum Gasteiger partial charge on any atom is -0.478 e. The normalized spacial score (nSPS) is 11.7. The highest BCUT2D eigenvalue weighted by atomic mass is 16.4. The number of hydrogen-bond donors (Lipinski definition) is 1. The van der Waals surface area contributed by atoms with Crippen molar-refractivity contribution in [3.8, 4) is 0 Å². The molecule has 14 heavy (non-hydrogen) atoms. The third kappa shape index (κ3) is 1.97. The Labute approximate surface area is 83.7 Å². The van der Waals surface area contributed by atoms with Crippen molar-refractivity contribution in [2.75, 3.05) is 0 Å². The van der Waals surface area contributed by atoms with Gasteiger partial charge in [0.15, 0.2) is 0 Å². The van der Waals surface area contributed by atoms with Crippen molar-refractivity contribution in [3.05, 3.63) is 23.2 Å². The number of aryl methyl sites for hydroxylation is 1. The Bertz CT molecular complexity index is 342. The van der Waals surface area contributed by atoms with Crippen LogP contribution >= 0.6 is 0 Å². The second-order valence-electron chi connectivity index (χ2n) is 4.36. The van der Waals surface area contributed by atoms with Gasteiger partial charge in [0, 0.05) is 11.8 Å². The van der Waals surface area contributed by atoms with Crippen LogP contribution in [0.4, 0.5) is 0 Å². The number of furan rings is 1. The lowest BCUT2D eigenvalue weighted by Gasteiger charge is -2.13. The molecule has 0 amide bonds. The third-order valence-electron chi connectivity index (χ3n) is 2.10. The predicted molar refractivity (Wildman–Crippen MR) is 53.7 cm³/mol. The Morgan fingerprint density at radius 3 is 2.36 bits per heavy atom. The first-order valence-corrected chi connectivity index (χ1v) is 4.72. The Hall–Kier alpha value is -1.25. The molecule has 0 saturated heterocycles. The van der Waals surface area contributed by atoms with Gasteiger partial charge in [-0.3, -0.25) is 0 Å². The highest BCUT2D eigenvalue weighted by Gasteiger charge is 2.23. The highest BCUT2D eigenvalue weighted by Crippen LogP contribution is 2.27. The SMILES string of the molecule is CCc1oc(C(C)(C)C)cc1C(=O)O. The maximum atomic E-state index is 10.9. The molecule has 0 unspecified atom stereocenters. The number of carbonyl (C=O) groups is 1. The van der Waals surface area contributed by atoms with E-state index in [2.05, 4.69) is 0 Å². The van der Waals surface area contributed by atoms with Gasteiger partial charge in [-0.15, -0.1) is 0 Å². The van der Waals surface area contributed by atoms with E-state index in [0.29, 0.717) is 12.2 Å². The number of hydrogen-bond acceptors (Lipinski definition) is 2. The van der Waals surface area contributed by atoms with E-state index < -0.39 is 5.97 Å². The molecule has 0 aliphatic carbocycles. The summed E-state index contributed by atoms with van der Waals surface area (Å²) in [4.78, 5) is 10.9. The van der Waals surface area contributed by atoms with E-state index in [1.54, 1.807) is 6.07 Å². The van der Waals surface area contributed by atoms with Gasteiger partial charge < -0.3 is 9.52 Å². The molecule has 1 rings (SSSR count). The van der Waals surface area contributed by atoms with Gasteiger partial charge in [-0.2, -0.15) is 0 Å².